The lowest BCUT2D eigenvalue weighted by Gasteiger charge is -2.35. The zero-order valence-electron chi connectivity index (χ0n) is 11.6. The van der Waals surface area contributed by atoms with Crippen LogP contribution >= 0.6 is 0 Å². The summed E-state index contributed by atoms with van der Waals surface area (Å²) in [7, 11) is 0. The summed E-state index contributed by atoms with van der Waals surface area (Å²) in [5.41, 5.74) is 0. The van der Waals surface area contributed by atoms with E-state index in [0.29, 0.717) is 6.04 Å². The fraction of sp³-hybridized carbons (Fsp3) is 1.00. The lowest BCUT2D eigenvalue weighted by atomic mass is 10.1. The molecule has 96 valence electrons. The molecular formula is C14H30N2. The summed E-state index contributed by atoms with van der Waals surface area (Å²) >= 11 is 0. The van der Waals surface area contributed by atoms with Crippen molar-refractivity contribution >= 4 is 0 Å². The zero-order chi connectivity index (χ0) is 12.0. The SMILES string of the molecule is CCCC(CNCC)N(CC1CC1)C(C)C. The molecule has 0 aromatic carbocycles. The molecule has 1 N–H and O–H groups in total. The number of likely N-dealkylation sites (N-methyl/N-ethyl adjacent to an activating group) is 1. The van der Waals surface area contributed by atoms with Gasteiger partial charge in [-0.05, 0) is 45.6 Å². The largest absolute Gasteiger partial charge is 0.315 e. The second kappa shape index (κ2) is 7.29. The van der Waals surface area contributed by atoms with Gasteiger partial charge in [0.1, 0.15) is 0 Å². The minimum absolute atomic E-state index is 0.691. The molecule has 0 bridgehead atoms. The fourth-order valence-electron chi connectivity index (χ4n) is 2.41. The van der Waals surface area contributed by atoms with E-state index in [1.54, 1.807) is 0 Å². The van der Waals surface area contributed by atoms with Crippen molar-refractivity contribution in [3.8, 4) is 0 Å². The topological polar surface area (TPSA) is 15.3 Å². The normalized spacial score (nSPS) is 18.4. The highest BCUT2D eigenvalue weighted by atomic mass is 15.2. The van der Waals surface area contributed by atoms with Gasteiger partial charge >= 0.3 is 0 Å². The molecule has 1 saturated carbocycles. The molecule has 0 saturated heterocycles. The Hall–Kier alpha value is -0.0800. The summed E-state index contributed by atoms with van der Waals surface area (Å²) in [4.78, 5) is 2.73. The maximum absolute atomic E-state index is 3.52. The van der Waals surface area contributed by atoms with Crippen LogP contribution in [0.5, 0.6) is 0 Å². The summed E-state index contributed by atoms with van der Waals surface area (Å²) in [6.07, 6.45) is 5.55. The molecule has 0 aliphatic heterocycles. The molecule has 1 rings (SSSR count). The van der Waals surface area contributed by atoms with Gasteiger partial charge in [0.25, 0.3) is 0 Å². The average Bonchev–Trinajstić information content (AvgIpc) is 3.04. The Bertz CT molecular complexity index is 176. The second-order valence-electron chi connectivity index (χ2n) is 5.48. The zero-order valence-corrected chi connectivity index (χ0v) is 11.6. The molecule has 1 aliphatic carbocycles. The van der Waals surface area contributed by atoms with E-state index in [1.807, 2.05) is 0 Å². The number of hydrogen-bond acceptors (Lipinski definition) is 2. The molecule has 1 aliphatic rings. The van der Waals surface area contributed by atoms with E-state index in [9.17, 15) is 0 Å². The Morgan fingerprint density at radius 2 is 1.94 bits per heavy atom. The van der Waals surface area contributed by atoms with Crippen molar-refractivity contribution in [3.63, 3.8) is 0 Å². The number of rotatable bonds is 9. The van der Waals surface area contributed by atoms with Crippen LogP contribution in [0.1, 0.15) is 53.4 Å². The second-order valence-corrected chi connectivity index (χ2v) is 5.48. The van der Waals surface area contributed by atoms with Gasteiger partial charge in [-0.25, -0.2) is 0 Å². The lowest BCUT2D eigenvalue weighted by Crippen LogP contribution is -2.46. The quantitative estimate of drug-likeness (QED) is 0.650. The van der Waals surface area contributed by atoms with E-state index in [1.165, 1.54) is 32.2 Å². The highest BCUT2D eigenvalue weighted by Gasteiger charge is 2.28. The average molecular weight is 226 g/mol. The van der Waals surface area contributed by atoms with Crippen molar-refractivity contribution in [2.24, 2.45) is 5.92 Å². The monoisotopic (exact) mass is 226 g/mol. The Labute approximate surface area is 102 Å². The maximum Gasteiger partial charge on any atom is 0.0223 e. The molecule has 0 amide bonds. The first-order chi connectivity index (χ1) is 7.69. The molecule has 0 aromatic rings. The third-order valence-electron chi connectivity index (χ3n) is 3.55. The van der Waals surface area contributed by atoms with E-state index in [0.717, 1.165) is 25.0 Å². The van der Waals surface area contributed by atoms with Crippen molar-refractivity contribution in [1.29, 1.82) is 0 Å². The molecule has 1 fully saturated rings. The van der Waals surface area contributed by atoms with E-state index in [-0.39, 0.29) is 0 Å². The Balaban J connectivity index is 2.46. The molecular weight excluding hydrogens is 196 g/mol. The summed E-state index contributed by atoms with van der Waals surface area (Å²) in [5.74, 6) is 1.00. The van der Waals surface area contributed by atoms with Gasteiger partial charge < -0.3 is 5.32 Å². The molecule has 1 atom stereocenters. The Morgan fingerprint density at radius 1 is 1.25 bits per heavy atom. The third-order valence-corrected chi connectivity index (χ3v) is 3.55. The van der Waals surface area contributed by atoms with Crippen LogP contribution < -0.4 is 5.32 Å². The standard InChI is InChI=1S/C14H30N2/c1-5-7-14(10-15-6-2)16(12(3)4)11-13-8-9-13/h12-15H,5-11H2,1-4H3. The molecule has 1 unspecified atom stereocenters. The first-order valence-electron chi connectivity index (χ1n) is 7.15. The van der Waals surface area contributed by atoms with Crippen molar-refractivity contribution in [3.05, 3.63) is 0 Å². The van der Waals surface area contributed by atoms with E-state index >= 15 is 0 Å². The molecule has 2 nitrogen and oxygen atoms in total. The fourth-order valence-corrected chi connectivity index (χ4v) is 2.41. The number of hydrogen-bond donors (Lipinski definition) is 1. The van der Waals surface area contributed by atoms with Crippen LogP contribution in [-0.2, 0) is 0 Å². The summed E-state index contributed by atoms with van der Waals surface area (Å²) < 4.78 is 0. The van der Waals surface area contributed by atoms with Crippen molar-refractivity contribution in [2.45, 2.75) is 65.5 Å². The van der Waals surface area contributed by atoms with Gasteiger partial charge in [-0.2, -0.15) is 0 Å². The van der Waals surface area contributed by atoms with Crippen LogP contribution in [0.25, 0.3) is 0 Å². The minimum Gasteiger partial charge on any atom is -0.315 e. The van der Waals surface area contributed by atoms with Crippen molar-refractivity contribution < 1.29 is 0 Å². The van der Waals surface area contributed by atoms with Gasteiger partial charge in [0.05, 0.1) is 0 Å². The third kappa shape index (κ3) is 4.84. The molecule has 0 radical (unpaired) electrons. The highest BCUT2D eigenvalue weighted by molar-refractivity contribution is 4.83. The van der Waals surface area contributed by atoms with Gasteiger partial charge in [0.2, 0.25) is 0 Å². The van der Waals surface area contributed by atoms with E-state index in [4.69, 9.17) is 0 Å². The molecule has 0 heterocycles. The van der Waals surface area contributed by atoms with Crippen LogP contribution in [0.3, 0.4) is 0 Å². The van der Waals surface area contributed by atoms with Crippen LogP contribution in [0.15, 0.2) is 0 Å². The van der Waals surface area contributed by atoms with Gasteiger partial charge in [-0.15, -0.1) is 0 Å². The van der Waals surface area contributed by atoms with Crippen LogP contribution in [0.2, 0.25) is 0 Å². The molecule has 0 aromatic heterocycles. The van der Waals surface area contributed by atoms with Crippen molar-refractivity contribution in [1.82, 2.24) is 10.2 Å². The first kappa shape index (κ1) is 14.0. The maximum atomic E-state index is 3.52. The van der Waals surface area contributed by atoms with Crippen LogP contribution in [-0.4, -0.2) is 36.6 Å². The smallest absolute Gasteiger partial charge is 0.0223 e. The summed E-state index contributed by atoms with van der Waals surface area (Å²) in [5, 5.41) is 3.52. The minimum atomic E-state index is 0.691. The van der Waals surface area contributed by atoms with E-state index in [2.05, 4.69) is 37.9 Å². The van der Waals surface area contributed by atoms with E-state index < -0.39 is 0 Å². The van der Waals surface area contributed by atoms with Gasteiger partial charge in [-0.3, -0.25) is 4.90 Å². The number of nitrogens with one attached hydrogen (secondary N) is 1. The molecule has 2 heteroatoms. The summed E-state index contributed by atoms with van der Waals surface area (Å²) in [6, 6.07) is 1.43. The predicted octanol–water partition coefficient (Wildman–Crippen LogP) is 2.89. The van der Waals surface area contributed by atoms with Crippen LogP contribution in [0, 0.1) is 5.92 Å². The first-order valence-corrected chi connectivity index (χ1v) is 7.15. The predicted molar refractivity (Wildman–Crippen MR) is 71.8 cm³/mol. The van der Waals surface area contributed by atoms with Crippen molar-refractivity contribution in [2.75, 3.05) is 19.6 Å². The van der Waals surface area contributed by atoms with Gasteiger partial charge in [0, 0.05) is 25.2 Å². The van der Waals surface area contributed by atoms with Crippen LogP contribution in [0.4, 0.5) is 0 Å². The van der Waals surface area contributed by atoms with Gasteiger partial charge in [0.15, 0.2) is 0 Å². The highest BCUT2D eigenvalue weighted by Crippen LogP contribution is 2.31. The number of nitrogens with zero attached hydrogens (tertiary/aromatic N) is 1. The summed E-state index contributed by atoms with van der Waals surface area (Å²) in [6.45, 7) is 12.8. The Kier molecular flexibility index (Phi) is 6.37. The van der Waals surface area contributed by atoms with Gasteiger partial charge in [-0.1, -0.05) is 20.3 Å². The Morgan fingerprint density at radius 3 is 2.38 bits per heavy atom. The lowest BCUT2D eigenvalue weighted by molar-refractivity contribution is 0.135. The molecule has 0 spiro atoms. The molecule has 16 heavy (non-hydrogen) atoms.